The van der Waals surface area contributed by atoms with Crippen LogP contribution in [0, 0.1) is 0 Å². The van der Waals surface area contributed by atoms with E-state index in [9.17, 15) is 4.79 Å². The Bertz CT molecular complexity index is 833. The van der Waals surface area contributed by atoms with Crippen molar-refractivity contribution in [1.82, 2.24) is 9.55 Å². The average molecular weight is 301 g/mol. The van der Waals surface area contributed by atoms with Crippen LogP contribution in [0.15, 0.2) is 30.6 Å². The van der Waals surface area contributed by atoms with Crippen molar-refractivity contribution in [2.75, 3.05) is 5.73 Å². The maximum Gasteiger partial charge on any atom is 0.347 e. The van der Waals surface area contributed by atoms with Crippen LogP contribution in [-0.2, 0) is 0 Å². The van der Waals surface area contributed by atoms with E-state index in [1.54, 1.807) is 0 Å². The van der Waals surface area contributed by atoms with Gasteiger partial charge in [-0.2, -0.15) is 0 Å². The van der Waals surface area contributed by atoms with Crippen molar-refractivity contribution in [1.29, 1.82) is 0 Å². The molecular formula is C15H15N3O2S. The molecule has 3 rings (SSSR count). The van der Waals surface area contributed by atoms with Gasteiger partial charge in [0.2, 0.25) is 0 Å². The van der Waals surface area contributed by atoms with Gasteiger partial charge >= 0.3 is 5.97 Å². The Balaban J connectivity index is 2.12. The third kappa shape index (κ3) is 2.27. The van der Waals surface area contributed by atoms with Gasteiger partial charge in [-0.3, -0.25) is 0 Å². The minimum absolute atomic E-state index is 0.234. The standard InChI is InChI=1S/C15H15N3O2S/c1-8(2)18-7-11(16)10-5-9(3-4-12(10)18)14-17-6-13(21-14)15(19)20/h3-8H,16H2,1-2H3,(H,19,20). The SMILES string of the molecule is CC(C)n1cc(N)c2cc(-c3ncc(C(=O)O)s3)ccc21. The van der Waals surface area contributed by atoms with E-state index in [0.717, 1.165) is 33.5 Å². The number of hydrogen-bond donors (Lipinski definition) is 2. The van der Waals surface area contributed by atoms with Crippen molar-refractivity contribution in [2.45, 2.75) is 19.9 Å². The van der Waals surface area contributed by atoms with E-state index in [1.807, 2.05) is 24.4 Å². The fourth-order valence-corrected chi connectivity index (χ4v) is 3.10. The molecule has 21 heavy (non-hydrogen) atoms. The molecule has 0 unspecified atom stereocenters. The quantitative estimate of drug-likeness (QED) is 0.774. The van der Waals surface area contributed by atoms with E-state index < -0.39 is 5.97 Å². The van der Waals surface area contributed by atoms with E-state index in [1.165, 1.54) is 6.20 Å². The van der Waals surface area contributed by atoms with Crippen molar-refractivity contribution < 1.29 is 9.90 Å². The Morgan fingerprint density at radius 1 is 1.43 bits per heavy atom. The second-order valence-corrected chi connectivity index (χ2v) is 6.18. The number of carboxylic acid groups (broad SMARTS) is 1. The van der Waals surface area contributed by atoms with E-state index in [2.05, 4.69) is 23.4 Å². The summed E-state index contributed by atoms with van der Waals surface area (Å²) in [7, 11) is 0. The molecule has 0 aliphatic carbocycles. The molecule has 0 saturated carbocycles. The minimum atomic E-state index is -0.953. The van der Waals surface area contributed by atoms with Gasteiger partial charge in [0.15, 0.2) is 0 Å². The molecule has 6 heteroatoms. The molecule has 0 aliphatic rings. The molecule has 0 aliphatic heterocycles. The number of aromatic carboxylic acids is 1. The number of aromatic nitrogens is 2. The van der Waals surface area contributed by atoms with Crippen LogP contribution in [0.1, 0.15) is 29.6 Å². The first-order valence-electron chi connectivity index (χ1n) is 6.57. The van der Waals surface area contributed by atoms with Gasteiger partial charge in [-0.25, -0.2) is 9.78 Å². The number of nitrogens with zero attached hydrogens (tertiary/aromatic N) is 2. The Morgan fingerprint density at radius 3 is 2.81 bits per heavy atom. The summed E-state index contributed by atoms with van der Waals surface area (Å²) in [4.78, 5) is 15.3. The maximum absolute atomic E-state index is 10.9. The van der Waals surface area contributed by atoms with Crippen LogP contribution in [0.25, 0.3) is 21.5 Å². The maximum atomic E-state index is 10.9. The molecule has 108 valence electrons. The lowest BCUT2D eigenvalue weighted by Crippen LogP contribution is -1.97. The average Bonchev–Trinajstić information content (AvgIpc) is 3.04. The first kappa shape index (κ1) is 13.6. The molecule has 2 aromatic heterocycles. The monoisotopic (exact) mass is 301 g/mol. The molecule has 0 amide bonds. The third-order valence-corrected chi connectivity index (χ3v) is 4.42. The largest absolute Gasteiger partial charge is 0.477 e. The predicted octanol–water partition coefficient (Wildman–Crippen LogP) is 3.63. The molecule has 0 saturated heterocycles. The zero-order chi connectivity index (χ0) is 15.1. The number of benzene rings is 1. The Hall–Kier alpha value is -2.34. The van der Waals surface area contributed by atoms with E-state index in [-0.39, 0.29) is 4.88 Å². The normalized spacial score (nSPS) is 11.4. The lowest BCUT2D eigenvalue weighted by molar-refractivity contribution is 0.0702. The van der Waals surface area contributed by atoms with Crippen LogP contribution in [0.2, 0.25) is 0 Å². The molecule has 5 nitrogen and oxygen atoms in total. The molecule has 0 fully saturated rings. The van der Waals surface area contributed by atoms with Crippen LogP contribution in [0.4, 0.5) is 5.69 Å². The molecule has 3 aromatic rings. The molecule has 0 spiro atoms. The first-order chi connectivity index (χ1) is 9.97. The highest BCUT2D eigenvalue weighted by molar-refractivity contribution is 7.16. The van der Waals surface area contributed by atoms with Crippen LogP contribution in [0.5, 0.6) is 0 Å². The molecule has 0 bridgehead atoms. The number of hydrogen-bond acceptors (Lipinski definition) is 4. The Kier molecular flexibility index (Phi) is 3.17. The smallest absolute Gasteiger partial charge is 0.347 e. The third-order valence-electron chi connectivity index (χ3n) is 3.38. The summed E-state index contributed by atoms with van der Waals surface area (Å²) in [5, 5.41) is 10.6. The lowest BCUT2D eigenvalue weighted by atomic mass is 10.1. The molecule has 2 heterocycles. The van der Waals surface area contributed by atoms with Gasteiger partial charge in [0.1, 0.15) is 9.88 Å². The predicted molar refractivity (Wildman–Crippen MR) is 84.8 cm³/mol. The number of carbonyl (C=O) groups is 1. The molecule has 0 atom stereocenters. The van der Waals surface area contributed by atoms with Crippen molar-refractivity contribution >= 4 is 33.9 Å². The van der Waals surface area contributed by atoms with E-state index >= 15 is 0 Å². The first-order valence-corrected chi connectivity index (χ1v) is 7.38. The fraction of sp³-hybridized carbons (Fsp3) is 0.200. The second-order valence-electron chi connectivity index (χ2n) is 5.15. The molecule has 3 N–H and O–H groups in total. The summed E-state index contributed by atoms with van der Waals surface area (Å²) >= 11 is 1.16. The second kappa shape index (κ2) is 4.89. The summed E-state index contributed by atoms with van der Waals surface area (Å²) in [6.45, 7) is 4.21. The fourth-order valence-electron chi connectivity index (χ4n) is 2.35. The number of thiazole rings is 1. The number of nitrogens with two attached hydrogens (primary N) is 1. The van der Waals surface area contributed by atoms with Crippen molar-refractivity contribution in [3.8, 4) is 10.6 Å². The summed E-state index contributed by atoms with van der Waals surface area (Å²) in [6, 6.07) is 6.25. The van der Waals surface area contributed by atoms with E-state index in [0.29, 0.717) is 11.0 Å². The molecule has 0 radical (unpaired) electrons. The van der Waals surface area contributed by atoms with Gasteiger partial charge in [-0.15, -0.1) is 11.3 Å². The van der Waals surface area contributed by atoms with Gasteiger partial charge < -0.3 is 15.4 Å². The van der Waals surface area contributed by atoms with Gasteiger partial charge in [0, 0.05) is 23.2 Å². The number of anilines is 1. The van der Waals surface area contributed by atoms with Gasteiger partial charge in [-0.1, -0.05) is 0 Å². The van der Waals surface area contributed by atoms with Crippen molar-refractivity contribution in [3.05, 3.63) is 35.5 Å². The number of carboxylic acids is 1. The van der Waals surface area contributed by atoms with Crippen molar-refractivity contribution in [3.63, 3.8) is 0 Å². The minimum Gasteiger partial charge on any atom is -0.477 e. The Morgan fingerprint density at radius 2 is 2.19 bits per heavy atom. The zero-order valence-corrected chi connectivity index (χ0v) is 12.5. The number of nitrogen functional groups attached to an aromatic ring is 1. The topological polar surface area (TPSA) is 81.1 Å². The summed E-state index contributed by atoms with van der Waals surface area (Å²) in [6.07, 6.45) is 3.32. The van der Waals surface area contributed by atoms with Crippen LogP contribution < -0.4 is 5.73 Å². The molecule has 1 aromatic carbocycles. The number of rotatable bonds is 3. The van der Waals surface area contributed by atoms with Gasteiger partial charge in [0.05, 0.1) is 17.4 Å². The summed E-state index contributed by atoms with van der Waals surface area (Å²) in [5.74, 6) is -0.953. The number of fused-ring (bicyclic) bond motifs is 1. The zero-order valence-electron chi connectivity index (χ0n) is 11.7. The van der Waals surface area contributed by atoms with Crippen molar-refractivity contribution in [2.24, 2.45) is 0 Å². The van der Waals surface area contributed by atoms with Crippen LogP contribution >= 0.6 is 11.3 Å². The molecular weight excluding hydrogens is 286 g/mol. The van der Waals surface area contributed by atoms with Gasteiger partial charge in [-0.05, 0) is 32.0 Å². The highest BCUT2D eigenvalue weighted by atomic mass is 32.1. The summed E-state index contributed by atoms with van der Waals surface area (Å²) in [5.41, 5.74) is 8.75. The highest BCUT2D eigenvalue weighted by Gasteiger charge is 2.13. The van der Waals surface area contributed by atoms with Crippen LogP contribution in [0.3, 0.4) is 0 Å². The lowest BCUT2D eigenvalue weighted by Gasteiger charge is -2.08. The Labute approximate surface area is 125 Å². The summed E-state index contributed by atoms with van der Waals surface area (Å²) < 4.78 is 2.12. The van der Waals surface area contributed by atoms with Crippen LogP contribution in [-0.4, -0.2) is 20.6 Å². The highest BCUT2D eigenvalue weighted by Crippen LogP contribution is 2.32. The van der Waals surface area contributed by atoms with E-state index in [4.69, 9.17) is 10.8 Å². The van der Waals surface area contributed by atoms with Gasteiger partial charge in [0.25, 0.3) is 0 Å².